The summed E-state index contributed by atoms with van der Waals surface area (Å²) in [6, 6.07) is 7.43. The van der Waals surface area contributed by atoms with Crippen molar-refractivity contribution in [1.82, 2.24) is 15.3 Å². The number of hydrogen-bond donors (Lipinski definition) is 2. The molecule has 0 aliphatic rings. The van der Waals surface area contributed by atoms with Crippen molar-refractivity contribution in [3.63, 3.8) is 0 Å². The Labute approximate surface area is 117 Å². The summed E-state index contributed by atoms with van der Waals surface area (Å²) in [6.07, 6.45) is 1.52. The number of pyridine rings is 1. The maximum atomic E-state index is 11.3. The van der Waals surface area contributed by atoms with E-state index in [1.165, 1.54) is 6.20 Å². The Morgan fingerprint density at radius 2 is 2.15 bits per heavy atom. The van der Waals surface area contributed by atoms with E-state index in [2.05, 4.69) is 15.3 Å². The molecule has 106 valence electrons. The van der Waals surface area contributed by atoms with Gasteiger partial charge in [0, 0.05) is 12.7 Å². The molecule has 0 bridgehead atoms. The third-order valence-corrected chi connectivity index (χ3v) is 2.87. The molecule has 2 rings (SSSR count). The van der Waals surface area contributed by atoms with Crippen LogP contribution in [0.3, 0.4) is 0 Å². The molecule has 6 heteroatoms. The summed E-state index contributed by atoms with van der Waals surface area (Å²) in [5, 5.41) is 0. The maximum absolute atomic E-state index is 11.3. The second-order valence-corrected chi connectivity index (χ2v) is 4.70. The van der Waals surface area contributed by atoms with Crippen molar-refractivity contribution in [1.29, 1.82) is 0 Å². The lowest BCUT2D eigenvalue weighted by Crippen LogP contribution is -2.30. The van der Waals surface area contributed by atoms with Crippen molar-refractivity contribution in [2.45, 2.75) is 20.0 Å². The van der Waals surface area contributed by atoms with Crippen molar-refractivity contribution in [3.05, 3.63) is 53.2 Å². The fraction of sp³-hybridized carbons (Fsp3) is 0.286. The minimum atomic E-state index is -0.344. The highest BCUT2D eigenvalue weighted by molar-refractivity contribution is 5.93. The van der Waals surface area contributed by atoms with Crippen molar-refractivity contribution in [2.75, 3.05) is 7.05 Å². The van der Waals surface area contributed by atoms with Crippen LogP contribution in [-0.4, -0.2) is 22.8 Å². The first kappa shape index (κ1) is 14.2. The molecule has 0 aliphatic heterocycles. The molecule has 0 fully saturated rings. The van der Waals surface area contributed by atoms with Crippen LogP contribution in [0.2, 0.25) is 0 Å². The van der Waals surface area contributed by atoms with Crippen LogP contribution in [0.4, 0.5) is 0 Å². The van der Waals surface area contributed by atoms with Gasteiger partial charge < -0.3 is 4.42 Å². The predicted octanol–water partition coefficient (Wildman–Crippen LogP) is 1.22. The van der Waals surface area contributed by atoms with E-state index in [4.69, 9.17) is 10.3 Å². The van der Waals surface area contributed by atoms with E-state index in [9.17, 15) is 4.79 Å². The highest BCUT2D eigenvalue weighted by Gasteiger charge is 2.07. The second kappa shape index (κ2) is 6.31. The van der Waals surface area contributed by atoms with Gasteiger partial charge in [0.1, 0.15) is 11.5 Å². The number of hydrazine groups is 1. The average Bonchev–Trinajstić information content (AvgIpc) is 2.84. The first-order valence-electron chi connectivity index (χ1n) is 6.28. The molecular weight excluding hydrogens is 256 g/mol. The average molecular weight is 274 g/mol. The van der Waals surface area contributed by atoms with Gasteiger partial charge in [0.25, 0.3) is 5.91 Å². The van der Waals surface area contributed by atoms with Gasteiger partial charge in [-0.15, -0.1) is 0 Å². The highest BCUT2D eigenvalue weighted by atomic mass is 16.3. The minimum Gasteiger partial charge on any atom is -0.465 e. The molecule has 0 aliphatic carbocycles. The topological polar surface area (TPSA) is 84.4 Å². The molecule has 2 heterocycles. The molecule has 0 radical (unpaired) electrons. The zero-order valence-corrected chi connectivity index (χ0v) is 11.6. The quantitative estimate of drug-likeness (QED) is 0.486. The summed E-state index contributed by atoms with van der Waals surface area (Å²) in [5.41, 5.74) is 3.40. The maximum Gasteiger partial charge on any atom is 0.266 e. The number of hydrogen-bond acceptors (Lipinski definition) is 5. The van der Waals surface area contributed by atoms with Crippen LogP contribution in [0.1, 0.15) is 27.6 Å². The van der Waals surface area contributed by atoms with E-state index in [1.54, 1.807) is 6.07 Å². The third-order valence-electron chi connectivity index (χ3n) is 2.87. The summed E-state index contributed by atoms with van der Waals surface area (Å²) in [4.78, 5) is 17.6. The highest BCUT2D eigenvalue weighted by Crippen LogP contribution is 2.10. The summed E-state index contributed by atoms with van der Waals surface area (Å²) in [5.74, 6) is 6.55. The van der Waals surface area contributed by atoms with E-state index in [0.29, 0.717) is 18.7 Å². The van der Waals surface area contributed by atoms with Gasteiger partial charge in [0.05, 0.1) is 17.8 Å². The zero-order chi connectivity index (χ0) is 14.5. The van der Waals surface area contributed by atoms with E-state index in [0.717, 1.165) is 17.2 Å². The largest absolute Gasteiger partial charge is 0.465 e. The number of aromatic nitrogens is 1. The van der Waals surface area contributed by atoms with Crippen LogP contribution >= 0.6 is 0 Å². The van der Waals surface area contributed by atoms with Gasteiger partial charge in [0.15, 0.2) is 0 Å². The van der Waals surface area contributed by atoms with Gasteiger partial charge in [0.2, 0.25) is 0 Å². The molecule has 0 spiro atoms. The van der Waals surface area contributed by atoms with Crippen LogP contribution in [0.5, 0.6) is 0 Å². The van der Waals surface area contributed by atoms with Crippen LogP contribution in [-0.2, 0) is 13.1 Å². The fourth-order valence-corrected chi connectivity index (χ4v) is 1.90. The minimum absolute atomic E-state index is 0.344. The molecule has 0 unspecified atom stereocenters. The van der Waals surface area contributed by atoms with Crippen molar-refractivity contribution < 1.29 is 9.21 Å². The number of carbonyl (C=O) groups excluding carboxylic acids is 1. The van der Waals surface area contributed by atoms with Gasteiger partial charge >= 0.3 is 0 Å². The van der Waals surface area contributed by atoms with Crippen LogP contribution < -0.4 is 11.3 Å². The third kappa shape index (κ3) is 3.66. The molecule has 0 saturated carbocycles. The normalized spacial score (nSPS) is 10.8. The second-order valence-electron chi connectivity index (χ2n) is 4.70. The van der Waals surface area contributed by atoms with E-state index >= 15 is 0 Å². The number of nitrogen functional groups attached to an aromatic ring is 1. The van der Waals surface area contributed by atoms with E-state index < -0.39 is 0 Å². The molecule has 0 aromatic carbocycles. The summed E-state index contributed by atoms with van der Waals surface area (Å²) >= 11 is 0. The lowest BCUT2D eigenvalue weighted by Gasteiger charge is -2.14. The molecule has 0 saturated heterocycles. The number of furan rings is 1. The SMILES string of the molecule is Cc1ccc(CN(C)Cc2ccc(C(=O)NN)cn2)o1. The lowest BCUT2D eigenvalue weighted by molar-refractivity contribution is 0.0953. The summed E-state index contributed by atoms with van der Waals surface area (Å²) < 4.78 is 5.53. The Morgan fingerprint density at radius 1 is 1.35 bits per heavy atom. The Morgan fingerprint density at radius 3 is 2.70 bits per heavy atom. The van der Waals surface area contributed by atoms with Gasteiger partial charge in [-0.2, -0.15) is 0 Å². The standard InChI is InChI=1S/C14H18N4O2/c1-10-3-6-13(20-10)9-18(2)8-12-5-4-11(7-16-12)14(19)17-15/h3-7H,8-9,15H2,1-2H3,(H,17,19). The van der Waals surface area contributed by atoms with Crippen LogP contribution in [0, 0.1) is 6.92 Å². The molecule has 1 amide bonds. The number of aryl methyl sites for hydroxylation is 1. The number of nitrogens with two attached hydrogens (primary N) is 1. The molecular formula is C14H18N4O2. The zero-order valence-electron chi connectivity index (χ0n) is 11.6. The van der Waals surface area contributed by atoms with Gasteiger partial charge in [-0.3, -0.25) is 20.1 Å². The monoisotopic (exact) mass is 274 g/mol. The van der Waals surface area contributed by atoms with Crippen molar-refractivity contribution >= 4 is 5.91 Å². The number of carbonyl (C=O) groups is 1. The Hall–Kier alpha value is -2.18. The number of amides is 1. The molecule has 6 nitrogen and oxygen atoms in total. The fourth-order valence-electron chi connectivity index (χ4n) is 1.90. The molecule has 0 atom stereocenters. The van der Waals surface area contributed by atoms with Gasteiger partial charge in [-0.25, -0.2) is 5.84 Å². The first-order valence-corrected chi connectivity index (χ1v) is 6.28. The Bertz CT molecular complexity index is 577. The molecule has 2 aromatic rings. The van der Waals surface area contributed by atoms with Crippen LogP contribution in [0.15, 0.2) is 34.9 Å². The molecule has 20 heavy (non-hydrogen) atoms. The Kier molecular flexibility index (Phi) is 4.49. The number of rotatable bonds is 5. The van der Waals surface area contributed by atoms with Crippen molar-refractivity contribution in [2.24, 2.45) is 5.84 Å². The van der Waals surface area contributed by atoms with Gasteiger partial charge in [-0.1, -0.05) is 0 Å². The smallest absolute Gasteiger partial charge is 0.266 e. The van der Waals surface area contributed by atoms with E-state index in [-0.39, 0.29) is 5.91 Å². The van der Waals surface area contributed by atoms with Crippen LogP contribution in [0.25, 0.3) is 0 Å². The van der Waals surface area contributed by atoms with E-state index in [1.807, 2.05) is 32.2 Å². The van der Waals surface area contributed by atoms with Gasteiger partial charge in [-0.05, 0) is 38.2 Å². The lowest BCUT2D eigenvalue weighted by atomic mass is 10.2. The first-order chi connectivity index (χ1) is 9.58. The number of nitrogens with zero attached hydrogens (tertiary/aromatic N) is 2. The number of nitrogens with one attached hydrogen (secondary N) is 1. The molecule has 2 aromatic heterocycles. The Balaban J connectivity index is 1.94. The summed E-state index contributed by atoms with van der Waals surface area (Å²) in [7, 11) is 1.99. The summed E-state index contributed by atoms with van der Waals surface area (Å²) in [6.45, 7) is 3.30. The predicted molar refractivity (Wildman–Crippen MR) is 74.5 cm³/mol. The molecule has 3 N–H and O–H groups in total. The van der Waals surface area contributed by atoms with Crippen molar-refractivity contribution in [3.8, 4) is 0 Å².